The Morgan fingerprint density at radius 3 is 2.38 bits per heavy atom. The van der Waals surface area contributed by atoms with Crippen LogP contribution in [0.25, 0.3) is 0 Å². The Balaban J connectivity index is 1.46. The Morgan fingerprint density at radius 1 is 1.12 bits per heavy atom. The number of nitrogens with zero attached hydrogens (tertiary/aromatic N) is 2. The first-order valence-electron chi connectivity index (χ1n) is 10.9. The Kier molecular flexibility index (Phi) is 8.15. The number of nitrogens with one attached hydrogen (secondary N) is 1. The monoisotopic (exact) mass is 459 g/mol. The lowest BCUT2D eigenvalue weighted by atomic mass is 9.96. The summed E-state index contributed by atoms with van der Waals surface area (Å²) in [5.74, 6) is 0.982. The molecule has 1 saturated heterocycles. The fourth-order valence-electron chi connectivity index (χ4n) is 4.01. The number of piperidine rings is 1. The number of hydrogen-bond acceptors (Lipinski definition) is 5. The number of sulfonamides is 1. The highest BCUT2D eigenvalue weighted by molar-refractivity contribution is 7.92. The molecule has 2 aromatic carbocycles. The molecule has 3 rings (SSSR count). The van der Waals surface area contributed by atoms with E-state index in [4.69, 9.17) is 4.74 Å². The average molecular weight is 460 g/mol. The second-order valence-electron chi connectivity index (χ2n) is 8.43. The number of anilines is 1. The van der Waals surface area contributed by atoms with Crippen LogP contribution < -0.4 is 14.4 Å². The van der Waals surface area contributed by atoms with Crippen molar-refractivity contribution in [3.63, 3.8) is 0 Å². The molecule has 0 unspecified atom stereocenters. The van der Waals surface area contributed by atoms with E-state index in [2.05, 4.69) is 22.3 Å². The lowest BCUT2D eigenvalue weighted by Crippen LogP contribution is -2.43. The third-order valence-electron chi connectivity index (χ3n) is 5.93. The molecule has 0 atom stereocenters. The van der Waals surface area contributed by atoms with Gasteiger partial charge < -0.3 is 10.1 Å². The Labute approximate surface area is 191 Å². The van der Waals surface area contributed by atoms with E-state index < -0.39 is 10.0 Å². The molecule has 1 N–H and O–H groups in total. The summed E-state index contributed by atoms with van der Waals surface area (Å²) in [6.07, 6.45) is 3.14. The molecule has 1 aliphatic rings. The van der Waals surface area contributed by atoms with Crippen LogP contribution in [0.5, 0.6) is 5.75 Å². The van der Waals surface area contributed by atoms with Crippen LogP contribution in [-0.2, 0) is 21.4 Å². The van der Waals surface area contributed by atoms with Gasteiger partial charge in [0.05, 0.1) is 19.1 Å². The molecule has 1 amide bonds. The molecule has 0 bridgehead atoms. The van der Waals surface area contributed by atoms with Crippen LogP contribution >= 0.6 is 0 Å². The molecule has 8 heteroatoms. The SMILES string of the molecule is COc1ccc(CN2CCC(CNC(=O)CN(c3ccccc3C)S(C)(=O)=O)CC2)cc1. The molecule has 2 aromatic rings. The van der Waals surface area contributed by atoms with Crippen molar-refractivity contribution in [1.82, 2.24) is 10.2 Å². The molecule has 0 spiro atoms. The lowest BCUT2D eigenvalue weighted by molar-refractivity contribution is -0.119. The molecule has 174 valence electrons. The smallest absolute Gasteiger partial charge is 0.240 e. The third-order valence-corrected chi connectivity index (χ3v) is 7.06. The lowest BCUT2D eigenvalue weighted by Gasteiger charge is -2.32. The van der Waals surface area contributed by atoms with Gasteiger partial charge in [0.25, 0.3) is 0 Å². The first-order valence-corrected chi connectivity index (χ1v) is 12.8. The van der Waals surface area contributed by atoms with Gasteiger partial charge in [0, 0.05) is 13.1 Å². The zero-order chi connectivity index (χ0) is 23.1. The predicted octanol–water partition coefficient (Wildman–Crippen LogP) is 2.80. The predicted molar refractivity (Wildman–Crippen MR) is 127 cm³/mol. The van der Waals surface area contributed by atoms with E-state index in [1.807, 2.05) is 31.2 Å². The van der Waals surface area contributed by atoms with Gasteiger partial charge in [-0.15, -0.1) is 0 Å². The molecule has 1 fully saturated rings. The maximum atomic E-state index is 12.5. The second kappa shape index (κ2) is 10.8. The number of carbonyl (C=O) groups excluding carboxylic acids is 1. The van der Waals surface area contributed by atoms with Crippen molar-refractivity contribution in [2.24, 2.45) is 5.92 Å². The number of benzene rings is 2. The highest BCUT2D eigenvalue weighted by Crippen LogP contribution is 2.22. The number of aryl methyl sites for hydroxylation is 1. The summed E-state index contributed by atoms with van der Waals surface area (Å²) in [4.78, 5) is 15.0. The van der Waals surface area contributed by atoms with E-state index in [1.165, 1.54) is 9.87 Å². The van der Waals surface area contributed by atoms with Crippen molar-refractivity contribution in [3.05, 3.63) is 59.7 Å². The number of para-hydroxylation sites is 1. The summed E-state index contributed by atoms with van der Waals surface area (Å²) < 4.78 is 30.9. The van der Waals surface area contributed by atoms with Crippen LogP contribution in [0.4, 0.5) is 5.69 Å². The van der Waals surface area contributed by atoms with Gasteiger partial charge in [-0.05, 0) is 68.1 Å². The molecular weight excluding hydrogens is 426 g/mol. The standard InChI is InChI=1S/C24H33N3O4S/c1-19-6-4-5-7-23(19)27(32(3,29)30)18-24(28)25-16-20-12-14-26(15-13-20)17-21-8-10-22(31-2)11-9-21/h4-11,20H,12-18H2,1-3H3,(H,25,28). The average Bonchev–Trinajstić information content (AvgIpc) is 2.77. The number of likely N-dealkylation sites (tertiary alicyclic amines) is 1. The highest BCUT2D eigenvalue weighted by atomic mass is 32.2. The summed E-state index contributed by atoms with van der Waals surface area (Å²) in [5, 5.41) is 2.94. The first kappa shape index (κ1) is 24.1. The molecule has 0 aromatic heterocycles. The summed E-state index contributed by atoms with van der Waals surface area (Å²) in [6.45, 7) is 5.06. The molecular formula is C24H33N3O4S. The van der Waals surface area contributed by atoms with Gasteiger partial charge in [0.1, 0.15) is 12.3 Å². The van der Waals surface area contributed by atoms with Gasteiger partial charge in [-0.25, -0.2) is 8.42 Å². The van der Waals surface area contributed by atoms with Gasteiger partial charge in [-0.2, -0.15) is 0 Å². The van der Waals surface area contributed by atoms with E-state index in [0.717, 1.165) is 50.0 Å². The van der Waals surface area contributed by atoms with Gasteiger partial charge in [-0.1, -0.05) is 30.3 Å². The van der Waals surface area contributed by atoms with Gasteiger partial charge in [-0.3, -0.25) is 14.0 Å². The van der Waals surface area contributed by atoms with Crippen molar-refractivity contribution < 1.29 is 17.9 Å². The fourth-order valence-corrected chi connectivity index (χ4v) is 4.92. The molecule has 0 radical (unpaired) electrons. The van der Waals surface area contributed by atoms with Crippen molar-refractivity contribution in [3.8, 4) is 5.75 Å². The van der Waals surface area contributed by atoms with Gasteiger partial charge in [0.15, 0.2) is 0 Å². The van der Waals surface area contributed by atoms with Gasteiger partial charge >= 0.3 is 0 Å². The maximum Gasteiger partial charge on any atom is 0.240 e. The molecule has 0 aliphatic carbocycles. The summed E-state index contributed by atoms with van der Waals surface area (Å²) >= 11 is 0. The van der Waals surface area contributed by atoms with Crippen LogP contribution in [0.15, 0.2) is 48.5 Å². The Morgan fingerprint density at radius 2 is 1.78 bits per heavy atom. The number of amides is 1. The van der Waals surface area contributed by atoms with Crippen LogP contribution in [0.3, 0.4) is 0 Å². The van der Waals surface area contributed by atoms with Crippen LogP contribution in [-0.4, -0.2) is 58.8 Å². The number of hydrogen-bond donors (Lipinski definition) is 1. The minimum Gasteiger partial charge on any atom is -0.497 e. The van der Waals surface area contributed by atoms with E-state index in [1.54, 1.807) is 19.2 Å². The van der Waals surface area contributed by atoms with Crippen molar-refractivity contribution in [2.45, 2.75) is 26.3 Å². The van der Waals surface area contributed by atoms with Crippen LogP contribution in [0, 0.1) is 12.8 Å². The van der Waals surface area contributed by atoms with E-state index in [-0.39, 0.29) is 12.5 Å². The quantitative estimate of drug-likeness (QED) is 0.624. The Hall–Kier alpha value is -2.58. The third kappa shape index (κ3) is 6.71. The van der Waals surface area contributed by atoms with E-state index in [0.29, 0.717) is 18.2 Å². The van der Waals surface area contributed by atoms with Crippen molar-refractivity contribution >= 4 is 21.6 Å². The molecule has 1 heterocycles. The zero-order valence-corrected chi connectivity index (χ0v) is 19.9. The number of carbonyl (C=O) groups is 1. The minimum absolute atomic E-state index is 0.208. The number of rotatable bonds is 9. The van der Waals surface area contributed by atoms with Crippen LogP contribution in [0.2, 0.25) is 0 Å². The minimum atomic E-state index is -3.56. The maximum absolute atomic E-state index is 12.5. The second-order valence-corrected chi connectivity index (χ2v) is 10.3. The number of methoxy groups -OCH3 is 1. The topological polar surface area (TPSA) is 79.0 Å². The highest BCUT2D eigenvalue weighted by Gasteiger charge is 2.24. The van der Waals surface area contributed by atoms with E-state index >= 15 is 0 Å². The van der Waals surface area contributed by atoms with Crippen molar-refractivity contribution in [2.75, 3.05) is 43.8 Å². The first-order chi connectivity index (χ1) is 15.3. The summed E-state index contributed by atoms with van der Waals surface area (Å²) in [5.41, 5.74) is 2.61. The molecule has 32 heavy (non-hydrogen) atoms. The van der Waals surface area contributed by atoms with Crippen molar-refractivity contribution in [1.29, 1.82) is 0 Å². The molecule has 0 saturated carbocycles. The largest absolute Gasteiger partial charge is 0.497 e. The fraction of sp³-hybridized carbons (Fsp3) is 0.458. The Bertz CT molecular complexity index is 1000. The zero-order valence-electron chi connectivity index (χ0n) is 19.1. The van der Waals surface area contributed by atoms with Crippen LogP contribution in [0.1, 0.15) is 24.0 Å². The molecule has 7 nitrogen and oxygen atoms in total. The summed E-state index contributed by atoms with van der Waals surface area (Å²) in [6, 6.07) is 15.3. The molecule has 1 aliphatic heterocycles. The van der Waals surface area contributed by atoms with Gasteiger partial charge in [0.2, 0.25) is 15.9 Å². The normalized spacial score (nSPS) is 15.3. The van der Waals surface area contributed by atoms with E-state index in [9.17, 15) is 13.2 Å². The summed E-state index contributed by atoms with van der Waals surface area (Å²) in [7, 11) is -1.90. The number of ether oxygens (including phenoxy) is 1.